The molecule has 100 valence electrons. The first-order chi connectivity index (χ1) is 9.72. The lowest BCUT2D eigenvalue weighted by molar-refractivity contribution is 0.289. The zero-order valence-corrected chi connectivity index (χ0v) is 11.5. The number of hydrogen-bond donors (Lipinski definition) is 1. The molecule has 1 heterocycles. The van der Waals surface area contributed by atoms with Gasteiger partial charge in [-0.15, -0.1) is 0 Å². The third-order valence-electron chi connectivity index (χ3n) is 4.01. The zero-order valence-electron chi connectivity index (χ0n) is 11.5. The van der Waals surface area contributed by atoms with Gasteiger partial charge in [-0.3, -0.25) is 4.98 Å². The lowest BCUT2D eigenvalue weighted by Gasteiger charge is -2.43. The number of aryl methyl sites for hydroxylation is 1. The van der Waals surface area contributed by atoms with Gasteiger partial charge in [0.1, 0.15) is 0 Å². The minimum absolute atomic E-state index is 0.322. The number of rotatable bonds is 3. The van der Waals surface area contributed by atoms with E-state index in [1.54, 1.807) is 0 Å². The number of aromatic nitrogens is 1. The average molecular weight is 263 g/mol. The minimum Gasteiger partial charge on any atom is -0.381 e. The molecule has 0 spiro atoms. The van der Waals surface area contributed by atoms with E-state index in [9.17, 15) is 5.26 Å². The summed E-state index contributed by atoms with van der Waals surface area (Å²) in [7, 11) is 0. The molecule has 0 unspecified atom stereocenters. The first-order valence-corrected chi connectivity index (χ1v) is 6.88. The molecular weight excluding hydrogens is 246 g/mol. The maximum absolute atomic E-state index is 9.52. The van der Waals surface area contributed by atoms with Crippen LogP contribution in [0.15, 0.2) is 48.7 Å². The van der Waals surface area contributed by atoms with Crippen molar-refractivity contribution in [2.24, 2.45) is 0 Å². The molecule has 0 bridgehead atoms. The molecule has 3 nitrogen and oxygen atoms in total. The molecule has 1 aromatic heterocycles. The van der Waals surface area contributed by atoms with Crippen molar-refractivity contribution in [3.8, 4) is 6.07 Å². The molecule has 1 fully saturated rings. The quantitative estimate of drug-likeness (QED) is 0.923. The summed E-state index contributed by atoms with van der Waals surface area (Å²) in [5.41, 5.74) is 2.85. The Balaban J connectivity index is 1.68. The maximum atomic E-state index is 9.52. The smallest absolute Gasteiger partial charge is 0.0861 e. The Morgan fingerprint density at radius 3 is 2.55 bits per heavy atom. The van der Waals surface area contributed by atoms with Crippen LogP contribution < -0.4 is 5.32 Å². The highest BCUT2D eigenvalue weighted by molar-refractivity contribution is 5.46. The Hall–Kier alpha value is -2.34. The number of anilines is 1. The Bertz CT molecular complexity index is 620. The van der Waals surface area contributed by atoms with Gasteiger partial charge < -0.3 is 5.32 Å². The predicted octanol–water partition coefficient (Wildman–Crippen LogP) is 3.43. The van der Waals surface area contributed by atoms with Gasteiger partial charge >= 0.3 is 0 Å². The van der Waals surface area contributed by atoms with Crippen LogP contribution in [-0.4, -0.2) is 11.0 Å². The van der Waals surface area contributed by atoms with Crippen molar-refractivity contribution in [3.05, 3.63) is 59.9 Å². The van der Waals surface area contributed by atoms with E-state index >= 15 is 0 Å². The number of hydrogen-bond acceptors (Lipinski definition) is 3. The number of nitrogens with one attached hydrogen (secondary N) is 1. The van der Waals surface area contributed by atoms with Gasteiger partial charge in [0.15, 0.2) is 0 Å². The summed E-state index contributed by atoms with van der Waals surface area (Å²) >= 11 is 0. The SMILES string of the molecule is Cc1ccc(NC2CC(C#N)(c3ccccc3)C2)cn1. The molecule has 0 atom stereocenters. The molecule has 0 saturated heterocycles. The molecule has 3 rings (SSSR count). The fraction of sp³-hybridized carbons (Fsp3) is 0.294. The maximum Gasteiger partial charge on any atom is 0.0861 e. The van der Waals surface area contributed by atoms with Crippen molar-refractivity contribution in [3.63, 3.8) is 0 Å². The zero-order chi connectivity index (χ0) is 14.0. The van der Waals surface area contributed by atoms with Crippen LogP contribution in [0.1, 0.15) is 24.1 Å². The summed E-state index contributed by atoms with van der Waals surface area (Å²) in [6.45, 7) is 1.98. The molecule has 20 heavy (non-hydrogen) atoms. The van der Waals surface area contributed by atoms with Gasteiger partial charge in [-0.25, -0.2) is 0 Å². The van der Waals surface area contributed by atoms with Crippen LogP contribution >= 0.6 is 0 Å². The molecule has 0 amide bonds. The van der Waals surface area contributed by atoms with E-state index in [4.69, 9.17) is 0 Å². The Kier molecular flexibility index (Phi) is 3.15. The highest BCUT2D eigenvalue weighted by Crippen LogP contribution is 2.44. The molecule has 1 N–H and O–H groups in total. The predicted molar refractivity (Wildman–Crippen MR) is 79.4 cm³/mol. The first-order valence-electron chi connectivity index (χ1n) is 6.88. The van der Waals surface area contributed by atoms with Crippen LogP contribution in [0, 0.1) is 18.3 Å². The van der Waals surface area contributed by atoms with E-state index in [0.29, 0.717) is 6.04 Å². The van der Waals surface area contributed by atoms with Crippen molar-refractivity contribution in [1.29, 1.82) is 5.26 Å². The van der Waals surface area contributed by atoms with E-state index in [1.165, 1.54) is 0 Å². The van der Waals surface area contributed by atoms with Crippen molar-refractivity contribution in [2.75, 3.05) is 5.32 Å². The molecule has 0 aliphatic heterocycles. The van der Waals surface area contributed by atoms with Gasteiger partial charge in [0.2, 0.25) is 0 Å². The van der Waals surface area contributed by atoms with Gasteiger partial charge in [0, 0.05) is 11.7 Å². The van der Waals surface area contributed by atoms with Gasteiger partial charge in [0.05, 0.1) is 23.4 Å². The van der Waals surface area contributed by atoms with E-state index < -0.39 is 0 Å². The lowest BCUT2D eigenvalue weighted by Crippen LogP contribution is -2.47. The monoisotopic (exact) mass is 263 g/mol. The van der Waals surface area contributed by atoms with Crippen LogP contribution in [0.2, 0.25) is 0 Å². The summed E-state index contributed by atoms with van der Waals surface area (Å²) in [4.78, 5) is 4.28. The second kappa shape index (κ2) is 4.97. The molecule has 1 aliphatic carbocycles. The summed E-state index contributed by atoms with van der Waals surface area (Å²) in [5, 5.41) is 13.0. The second-order valence-electron chi connectivity index (χ2n) is 5.50. The Morgan fingerprint density at radius 1 is 1.20 bits per heavy atom. The molecule has 1 aromatic carbocycles. The molecule has 1 aliphatic rings. The van der Waals surface area contributed by atoms with Crippen LogP contribution in [-0.2, 0) is 5.41 Å². The van der Waals surface area contributed by atoms with E-state index in [0.717, 1.165) is 29.8 Å². The Labute approximate surface area is 119 Å². The highest BCUT2D eigenvalue weighted by Gasteiger charge is 2.46. The topological polar surface area (TPSA) is 48.7 Å². The summed E-state index contributed by atoms with van der Waals surface area (Å²) in [5.74, 6) is 0. The molecular formula is C17H17N3. The number of pyridine rings is 1. The standard InChI is InChI=1S/C17H17N3/c1-13-7-8-15(11-19-13)20-16-9-17(10-16,12-18)14-5-3-2-4-6-14/h2-8,11,16,20H,9-10H2,1H3. The van der Waals surface area contributed by atoms with Crippen molar-refractivity contribution in [1.82, 2.24) is 4.98 Å². The molecule has 1 saturated carbocycles. The van der Waals surface area contributed by atoms with Crippen LogP contribution in [0.5, 0.6) is 0 Å². The third kappa shape index (κ3) is 2.25. The number of nitrogens with zero attached hydrogens (tertiary/aromatic N) is 2. The van der Waals surface area contributed by atoms with Gasteiger partial charge in [-0.05, 0) is 37.5 Å². The molecule has 2 aromatic rings. The van der Waals surface area contributed by atoms with E-state index in [2.05, 4.69) is 16.4 Å². The second-order valence-corrected chi connectivity index (χ2v) is 5.50. The average Bonchev–Trinajstić information content (AvgIpc) is 2.45. The number of benzene rings is 1. The van der Waals surface area contributed by atoms with Gasteiger partial charge in [-0.1, -0.05) is 30.3 Å². The molecule has 3 heteroatoms. The van der Waals surface area contributed by atoms with Crippen LogP contribution in [0.4, 0.5) is 5.69 Å². The fourth-order valence-corrected chi connectivity index (χ4v) is 2.82. The van der Waals surface area contributed by atoms with Crippen LogP contribution in [0.25, 0.3) is 0 Å². The number of nitriles is 1. The fourth-order valence-electron chi connectivity index (χ4n) is 2.82. The van der Waals surface area contributed by atoms with E-state index in [-0.39, 0.29) is 5.41 Å². The first kappa shape index (κ1) is 12.7. The normalized spacial score (nSPS) is 24.5. The van der Waals surface area contributed by atoms with Crippen molar-refractivity contribution >= 4 is 5.69 Å². The summed E-state index contributed by atoms with van der Waals surface area (Å²) in [6.07, 6.45) is 3.55. The minimum atomic E-state index is -0.322. The van der Waals surface area contributed by atoms with Crippen molar-refractivity contribution in [2.45, 2.75) is 31.2 Å². The van der Waals surface area contributed by atoms with Gasteiger partial charge in [0.25, 0.3) is 0 Å². The highest BCUT2D eigenvalue weighted by atomic mass is 15.0. The molecule has 0 radical (unpaired) electrons. The van der Waals surface area contributed by atoms with Crippen molar-refractivity contribution < 1.29 is 0 Å². The van der Waals surface area contributed by atoms with Crippen LogP contribution in [0.3, 0.4) is 0 Å². The Morgan fingerprint density at radius 2 is 1.95 bits per heavy atom. The van der Waals surface area contributed by atoms with E-state index in [1.807, 2.05) is 55.6 Å². The summed E-state index contributed by atoms with van der Waals surface area (Å²) in [6, 6.07) is 17.0. The third-order valence-corrected chi connectivity index (χ3v) is 4.01. The largest absolute Gasteiger partial charge is 0.381 e. The van der Waals surface area contributed by atoms with Gasteiger partial charge in [-0.2, -0.15) is 5.26 Å². The summed E-state index contributed by atoms with van der Waals surface area (Å²) < 4.78 is 0. The lowest BCUT2D eigenvalue weighted by atomic mass is 9.62.